The van der Waals surface area contributed by atoms with Gasteiger partial charge in [-0.15, -0.1) is 0 Å². The van der Waals surface area contributed by atoms with E-state index in [4.69, 9.17) is 16.7 Å². The van der Waals surface area contributed by atoms with Crippen LogP contribution in [0.1, 0.15) is 75.8 Å². The van der Waals surface area contributed by atoms with Crippen molar-refractivity contribution in [1.29, 1.82) is 0 Å². The molecule has 7 rings (SSSR count). The van der Waals surface area contributed by atoms with Gasteiger partial charge in [-0.3, -0.25) is 14.9 Å². The molecule has 4 aliphatic rings. The highest BCUT2D eigenvalue weighted by atomic mass is 35.5. The lowest BCUT2D eigenvalue weighted by Crippen LogP contribution is -2.53. The number of piperazine rings is 1. The highest BCUT2D eigenvalue weighted by molar-refractivity contribution is 7.97. The lowest BCUT2D eigenvalue weighted by molar-refractivity contribution is -0.137. The lowest BCUT2D eigenvalue weighted by Gasteiger charge is -2.44. The van der Waals surface area contributed by atoms with Gasteiger partial charge < -0.3 is 30.3 Å². The number of carbonyl (C=O) groups excluding carboxylic acids is 2. The Labute approximate surface area is 355 Å². The molecule has 12 nitrogen and oxygen atoms in total. The summed E-state index contributed by atoms with van der Waals surface area (Å²) in [6.07, 6.45) is 8.07. The minimum absolute atomic E-state index is 0.00408. The number of nitrogens with one attached hydrogen (secondary N) is 2. The maximum absolute atomic E-state index is 13.5. The molecule has 1 unspecified atom stereocenters. The van der Waals surface area contributed by atoms with Crippen LogP contribution in [0.4, 0.5) is 41.1 Å². The molecule has 2 aliphatic carbocycles. The van der Waals surface area contributed by atoms with E-state index >= 15 is 0 Å². The van der Waals surface area contributed by atoms with Gasteiger partial charge in [-0.05, 0) is 105 Å². The Hall–Kier alpha value is -3.83. The molecule has 2 saturated heterocycles. The quantitative estimate of drug-likeness (QED) is 0.109. The van der Waals surface area contributed by atoms with Gasteiger partial charge in [-0.2, -0.15) is 18.2 Å². The van der Waals surface area contributed by atoms with Crippen molar-refractivity contribution >= 4 is 59.0 Å². The fraction of sp³-hybridized carbons (Fsp3) is 0.571. The monoisotopic (exact) mass is 861 g/mol. The minimum Gasteiger partial charge on any atom is -0.508 e. The first-order chi connectivity index (χ1) is 28.3. The van der Waals surface area contributed by atoms with Crippen molar-refractivity contribution in [2.24, 2.45) is 17.0 Å². The highest BCUT2D eigenvalue weighted by Crippen LogP contribution is 2.38. The van der Waals surface area contributed by atoms with Crippen molar-refractivity contribution < 1.29 is 27.9 Å². The largest absolute Gasteiger partial charge is 0.508 e. The third-order valence-corrected chi connectivity index (χ3v) is 12.3. The van der Waals surface area contributed by atoms with Crippen LogP contribution in [-0.4, -0.2) is 103 Å². The van der Waals surface area contributed by atoms with Crippen LogP contribution < -0.4 is 25.6 Å². The van der Waals surface area contributed by atoms with Gasteiger partial charge >= 0.3 is 12.2 Å². The molecule has 3 aromatic rings. The summed E-state index contributed by atoms with van der Waals surface area (Å²) < 4.78 is 40.4. The number of benzene rings is 2. The number of carbonyl (C=O) groups is 2. The van der Waals surface area contributed by atoms with Crippen LogP contribution in [0.15, 0.2) is 47.5 Å². The van der Waals surface area contributed by atoms with Crippen LogP contribution in [0.5, 0.6) is 5.75 Å². The minimum atomic E-state index is -4.50. The Bertz CT molecular complexity index is 1830. The fourth-order valence-electron chi connectivity index (χ4n) is 7.69. The molecule has 17 heteroatoms. The Morgan fingerprint density at radius 3 is 2.36 bits per heavy atom. The molecule has 2 aliphatic heterocycles. The van der Waals surface area contributed by atoms with Crippen LogP contribution in [0.2, 0.25) is 5.02 Å². The second-order valence-corrected chi connectivity index (χ2v) is 17.0. The number of halogens is 4. The summed E-state index contributed by atoms with van der Waals surface area (Å²) >= 11 is 7.08. The van der Waals surface area contributed by atoms with E-state index in [0.29, 0.717) is 36.0 Å². The first-order valence-corrected chi connectivity index (χ1v) is 21.9. The Morgan fingerprint density at radius 2 is 1.78 bits per heavy atom. The Kier molecular flexibility index (Phi) is 17.4. The number of hydrogen-bond donors (Lipinski definition) is 4. The number of anilines is 4. The lowest BCUT2D eigenvalue weighted by atomic mass is 9.85. The van der Waals surface area contributed by atoms with Crippen molar-refractivity contribution in [3.05, 3.63) is 58.7 Å². The van der Waals surface area contributed by atoms with E-state index in [2.05, 4.69) is 30.4 Å². The van der Waals surface area contributed by atoms with E-state index in [0.717, 1.165) is 59.1 Å². The summed E-state index contributed by atoms with van der Waals surface area (Å²) in [6.45, 7) is 12.0. The number of amides is 2. The molecule has 5 N–H and O–H groups in total. The standard InChI is InChI=1S/C18H22F3N5S.C13H24N2.C11H13ClN2O3/c1-11-4-3-7-26(10-11)16-14(18(19,20)21)9-23-17(25-16)24-15-6-5-13(27-22)8-12(15)2;1-3-12(4-1)11-14-7-9-15(10-8-14)13-5-2-6-13;1-13-11(17)14(5-2-6-15)10-7-8(16)3-4-9(10)12/h5-6,8-9,11H,3-4,7,10,22H2,1-2H3,(H,23,24,25);12-13H,1-11H2;3-4,6-7,16H,2,5H2,1H3,(H,13,17). The normalized spacial score (nSPS) is 18.9. The van der Waals surface area contributed by atoms with Crippen molar-refractivity contribution in [2.75, 3.05) is 74.5 Å². The first-order valence-electron chi connectivity index (χ1n) is 20.6. The van der Waals surface area contributed by atoms with Gasteiger partial charge in [-0.1, -0.05) is 31.4 Å². The van der Waals surface area contributed by atoms with Crippen LogP contribution in [0.25, 0.3) is 0 Å². The smallest absolute Gasteiger partial charge is 0.421 e. The van der Waals surface area contributed by atoms with Crippen molar-refractivity contribution in [3.8, 4) is 5.75 Å². The van der Waals surface area contributed by atoms with E-state index < -0.39 is 11.7 Å². The first kappa shape index (κ1) is 46.2. The van der Waals surface area contributed by atoms with Gasteiger partial charge in [0.05, 0.1) is 10.7 Å². The second-order valence-electron chi connectivity index (χ2n) is 15.9. The number of aryl methyl sites for hydroxylation is 1. The molecule has 2 saturated carbocycles. The molecule has 2 amide bonds. The summed E-state index contributed by atoms with van der Waals surface area (Å²) in [6, 6.07) is 10.4. The summed E-state index contributed by atoms with van der Waals surface area (Å²) in [5.41, 5.74) is 1.20. The molecular weight excluding hydrogens is 803 g/mol. The fourth-order valence-corrected chi connectivity index (χ4v) is 8.30. The number of aldehydes is 1. The number of rotatable bonds is 11. The maximum Gasteiger partial charge on any atom is 0.421 e. The summed E-state index contributed by atoms with van der Waals surface area (Å²) in [7, 11) is 1.48. The average Bonchev–Trinajstić information content (AvgIpc) is 3.18. The zero-order valence-corrected chi connectivity index (χ0v) is 35.9. The molecular formula is C42H59ClF3N9O3S. The predicted molar refractivity (Wildman–Crippen MR) is 231 cm³/mol. The second kappa shape index (κ2) is 22.1. The van der Waals surface area contributed by atoms with Gasteiger partial charge in [0.1, 0.15) is 23.4 Å². The van der Waals surface area contributed by atoms with Crippen molar-refractivity contribution in [1.82, 2.24) is 25.1 Å². The SMILES string of the molecule is C1CC(CN2CCN(C3CCC3)CC2)C1.CNC(=O)N(CCC=O)c1cc(O)ccc1Cl.Cc1cc(SN)ccc1Nc1ncc(C(F)(F)F)c(N2CCCC(C)C2)n1. The topological polar surface area (TPSA) is 143 Å². The van der Waals surface area contributed by atoms with Gasteiger partial charge in [0.15, 0.2) is 0 Å². The van der Waals surface area contributed by atoms with Crippen LogP contribution in [0, 0.1) is 18.8 Å². The number of nitrogens with zero attached hydrogens (tertiary/aromatic N) is 6. The number of phenols is 1. The molecule has 0 bridgehead atoms. The maximum atomic E-state index is 13.5. The van der Waals surface area contributed by atoms with E-state index in [1.165, 1.54) is 101 Å². The number of aromatic hydroxyl groups is 1. The molecule has 2 aromatic carbocycles. The predicted octanol–water partition coefficient (Wildman–Crippen LogP) is 8.49. The van der Waals surface area contributed by atoms with E-state index in [9.17, 15) is 27.9 Å². The molecule has 1 atom stereocenters. The zero-order chi connectivity index (χ0) is 42.5. The number of nitrogens with two attached hydrogens (primary N) is 1. The van der Waals surface area contributed by atoms with Crippen molar-refractivity contribution in [2.45, 2.75) is 88.7 Å². The summed E-state index contributed by atoms with van der Waals surface area (Å²) in [4.78, 5) is 39.5. The van der Waals surface area contributed by atoms with Crippen molar-refractivity contribution in [3.63, 3.8) is 0 Å². The van der Waals surface area contributed by atoms with Gasteiger partial charge in [0.25, 0.3) is 0 Å². The summed E-state index contributed by atoms with van der Waals surface area (Å²) in [5.74, 6) is 1.48. The van der Waals surface area contributed by atoms with E-state index in [-0.39, 0.29) is 36.5 Å². The van der Waals surface area contributed by atoms with E-state index in [1.54, 1.807) is 4.90 Å². The molecule has 0 radical (unpaired) electrons. The Morgan fingerprint density at radius 1 is 1.05 bits per heavy atom. The zero-order valence-electron chi connectivity index (χ0n) is 34.3. The number of hydrogen-bond acceptors (Lipinski definition) is 11. The third kappa shape index (κ3) is 13.3. The molecule has 0 spiro atoms. The van der Waals surface area contributed by atoms with E-state index in [1.807, 2.05) is 32.0 Å². The molecule has 4 fully saturated rings. The molecule has 1 aromatic heterocycles. The Balaban J connectivity index is 0.000000178. The van der Waals surface area contributed by atoms with Crippen LogP contribution in [-0.2, 0) is 11.0 Å². The van der Waals surface area contributed by atoms with Crippen LogP contribution >= 0.6 is 23.5 Å². The van der Waals surface area contributed by atoms with Gasteiger partial charge in [0, 0.05) is 94.7 Å². The molecule has 3 heterocycles. The molecule has 324 valence electrons. The number of urea groups is 1. The molecule has 59 heavy (non-hydrogen) atoms. The summed E-state index contributed by atoms with van der Waals surface area (Å²) in [5, 5.41) is 20.7. The number of alkyl halides is 3. The van der Waals surface area contributed by atoms with Gasteiger partial charge in [0.2, 0.25) is 5.95 Å². The average molecular weight is 863 g/mol. The highest BCUT2D eigenvalue weighted by Gasteiger charge is 2.38. The number of phenolic OH excluding ortho intramolecular Hbond substituents is 1. The van der Waals surface area contributed by atoms with Crippen LogP contribution in [0.3, 0.4) is 0 Å². The third-order valence-electron chi connectivity index (χ3n) is 11.5. The number of aromatic nitrogens is 2. The van der Waals surface area contributed by atoms with Gasteiger partial charge in [-0.25, -0.2) is 9.78 Å². The number of piperidine rings is 1.